The van der Waals surface area contributed by atoms with Gasteiger partial charge in [-0.15, -0.1) is 0 Å². The van der Waals surface area contributed by atoms with Crippen LogP contribution in [0, 0.1) is 11.8 Å². The molecule has 1 N–H and O–H groups in total. The lowest BCUT2D eigenvalue weighted by molar-refractivity contribution is 0.565. The van der Waals surface area contributed by atoms with Crippen LogP contribution in [0.2, 0.25) is 0 Å². The van der Waals surface area contributed by atoms with Crippen LogP contribution in [0.5, 0.6) is 0 Å². The van der Waals surface area contributed by atoms with Crippen molar-refractivity contribution in [1.82, 2.24) is 4.72 Å². The molecule has 14 heavy (non-hydrogen) atoms. The summed E-state index contributed by atoms with van der Waals surface area (Å²) in [5.41, 5.74) is 0. The van der Waals surface area contributed by atoms with Crippen molar-refractivity contribution in [2.24, 2.45) is 11.8 Å². The summed E-state index contributed by atoms with van der Waals surface area (Å²) in [5, 5.41) is 0. The van der Waals surface area contributed by atoms with Gasteiger partial charge in [0, 0.05) is 11.4 Å². The molecule has 1 fully saturated rings. The molecule has 0 aromatic rings. The van der Waals surface area contributed by atoms with Crippen LogP contribution in [0.25, 0.3) is 0 Å². The summed E-state index contributed by atoms with van der Waals surface area (Å²) >= 11 is 3.50. The van der Waals surface area contributed by atoms with Crippen molar-refractivity contribution in [2.45, 2.75) is 31.5 Å². The second-order valence-electron chi connectivity index (χ2n) is 4.38. The summed E-state index contributed by atoms with van der Waals surface area (Å²) in [5.74, 6) is 1.08. The molecule has 5 heteroatoms. The van der Waals surface area contributed by atoms with Gasteiger partial charge in [0.2, 0.25) is 10.0 Å². The first-order chi connectivity index (χ1) is 6.41. The average molecular weight is 284 g/mol. The van der Waals surface area contributed by atoms with Gasteiger partial charge in [-0.3, -0.25) is 0 Å². The minimum Gasteiger partial charge on any atom is -0.214 e. The van der Waals surface area contributed by atoms with E-state index in [1.165, 1.54) is 12.8 Å². The summed E-state index contributed by atoms with van der Waals surface area (Å²) in [6.07, 6.45) is 2.45. The van der Waals surface area contributed by atoms with Crippen LogP contribution in [0.15, 0.2) is 0 Å². The molecule has 1 atom stereocenters. The van der Waals surface area contributed by atoms with Gasteiger partial charge in [0.25, 0.3) is 0 Å². The fraction of sp³-hybridized carbons (Fsp3) is 1.00. The highest BCUT2D eigenvalue weighted by molar-refractivity contribution is 9.09. The van der Waals surface area contributed by atoms with Gasteiger partial charge in [-0.1, -0.05) is 29.8 Å². The molecular weight excluding hydrogens is 266 g/mol. The van der Waals surface area contributed by atoms with E-state index in [0.29, 0.717) is 17.3 Å². The molecule has 1 aliphatic rings. The summed E-state index contributed by atoms with van der Waals surface area (Å²) in [4.78, 5) is 0.310. The van der Waals surface area contributed by atoms with Gasteiger partial charge >= 0.3 is 0 Å². The molecule has 0 bridgehead atoms. The van der Waals surface area contributed by atoms with Crippen molar-refractivity contribution in [3.05, 3.63) is 0 Å². The van der Waals surface area contributed by atoms with E-state index in [2.05, 4.69) is 20.7 Å². The van der Waals surface area contributed by atoms with E-state index in [4.69, 9.17) is 0 Å². The Hall–Kier alpha value is 0.390. The maximum absolute atomic E-state index is 11.5. The van der Waals surface area contributed by atoms with Crippen molar-refractivity contribution >= 4 is 26.0 Å². The van der Waals surface area contributed by atoms with Crippen molar-refractivity contribution < 1.29 is 8.42 Å². The van der Waals surface area contributed by atoms with E-state index in [1.807, 2.05) is 13.8 Å². The second kappa shape index (κ2) is 4.94. The fourth-order valence-electron chi connectivity index (χ4n) is 1.33. The van der Waals surface area contributed by atoms with E-state index >= 15 is 0 Å². The Balaban J connectivity index is 2.28. The standard InChI is InChI=1S/C9H18BrNO2S/c1-7(2)6-14(12,13)11-5-9(10)8-3-4-8/h7-9,11H,3-6H2,1-2H3. The van der Waals surface area contributed by atoms with Gasteiger partial charge in [-0.25, -0.2) is 13.1 Å². The van der Waals surface area contributed by atoms with Crippen molar-refractivity contribution in [2.75, 3.05) is 12.3 Å². The number of hydrogen-bond donors (Lipinski definition) is 1. The molecule has 0 aliphatic heterocycles. The molecule has 1 rings (SSSR count). The minimum absolute atomic E-state index is 0.183. The lowest BCUT2D eigenvalue weighted by Gasteiger charge is -2.11. The Morgan fingerprint density at radius 2 is 2.00 bits per heavy atom. The van der Waals surface area contributed by atoms with Crippen LogP contribution in [0.1, 0.15) is 26.7 Å². The molecule has 1 saturated carbocycles. The molecule has 0 saturated heterocycles. The zero-order valence-electron chi connectivity index (χ0n) is 8.66. The zero-order chi connectivity index (χ0) is 10.8. The van der Waals surface area contributed by atoms with Crippen LogP contribution in [-0.4, -0.2) is 25.5 Å². The highest BCUT2D eigenvalue weighted by Gasteiger charge is 2.29. The van der Waals surface area contributed by atoms with Gasteiger partial charge in [0.15, 0.2) is 0 Å². The van der Waals surface area contributed by atoms with E-state index in [9.17, 15) is 8.42 Å². The van der Waals surface area contributed by atoms with E-state index in [0.717, 1.165) is 0 Å². The first-order valence-electron chi connectivity index (χ1n) is 5.02. The van der Waals surface area contributed by atoms with Crippen molar-refractivity contribution in [3.63, 3.8) is 0 Å². The normalized spacial score (nSPS) is 20.0. The molecule has 0 aromatic carbocycles. The molecule has 0 aromatic heterocycles. The summed E-state index contributed by atoms with van der Waals surface area (Å²) in [6.45, 7) is 4.34. The molecule has 0 amide bonds. The maximum Gasteiger partial charge on any atom is 0.211 e. The monoisotopic (exact) mass is 283 g/mol. The fourth-order valence-corrected chi connectivity index (χ4v) is 3.66. The minimum atomic E-state index is -3.06. The SMILES string of the molecule is CC(C)CS(=O)(=O)NCC(Br)C1CC1. The largest absolute Gasteiger partial charge is 0.214 e. The highest BCUT2D eigenvalue weighted by Crippen LogP contribution is 2.36. The van der Waals surface area contributed by atoms with E-state index < -0.39 is 10.0 Å². The van der Waals surface area contributed by atoms with Crippen LogP contribution in [-0.2, 0) is 10.0 Å². The molecule has 0 heterocycles. The summed E-state index contributed by atoms with van der Waals surface area (Å²) in [6, 6.07) is 0. The predicted molar refractivity (Wildman–Crippen MR) is 62.1 cm³/mol. The third-order valence-electron chi connectivity index (χ3n) is 2.18. The lowest BCUT2D eigenvalue weighted by atomic mass is 10.3. The van der Waals surface area contributed by atoms with Crippen LogP contribution < -0.4 is 4.72 Å². The van der Waals surface area contributed by atoms with Crippen LogP contribution in [0.4, 0.5) is 0 Å². The lowest BCUT2D eigenvalue weighted by Crippen LogP contribution is -2.33. The number of nitrogens with one attached hydrogen (secondary N) is 1. The predicted octanol–water partition coefficient (Wildman–Crippen LogP) is 1.74. The first kappa shape index (κ1) is 12.5. The number of halogens is 1. The Morgan fingerprint density at radius 3 is 2.43 bits per heavy atom. The molecule has 84 valence electrons. The number of sulfonamides is 1. The Kier molecular flexibility index (Phi) is 4.40. The van der Waals surface area contributed by atoms with Gasteiger partial charge in [0.05, 0.1) is 5.75 Å². The van der Waals surface area contributed by atoms with Crippen molar-refractivity contribution in [1.29, 1.82) is 0 Å². The van der Waals surface area contributed by atoms with Gasteiger partial charge < -0.3 is 0 Å². The zero-order valence-corrected chi connectivity index (χ0v) is 11.1. The van der Waals surface area contributed by atoms with E-state index in [1.54, 1.807) is 0 Å². The molecular formula is C9H18BrNO2S. The topological polar surface area (TPSA) is 46.2 Å². The molecule has 1 aliphatic carbocycles. The maximum atomic E-state index is 11.5. The number of alkyl halides is 1. The first-order valence-corrected chi connectivity index (χ1v) is 7.59. The molecule has 0 radical (unpaired) electrons. The quantitative estimate of drug-likeness (QED) is 0.755. The van der Waals surface area contributed by atoms with Crippen molar-refractivity contribution in [3.8, 4) is 0 Å². The molecule has 1 unspecified atom stereocenters. The van der Waals surface area contributed by atoms with E-state index in [-0.39, 0.29) is 11.7 Å². The second-order valence-corrected chi connectivity index (χ2v) is 7.40. The highest BCUT2D eigenvalue weighted by atomic mass is 79.9. The Morgan fingerprint density at radius 1 is 1.43 bits per heavy atom. The van der Waals surface area contributed by atoms with Crippen LogP contribution in [0.3, 0.4) is 0 Å². The Bertz CT molecular complexity index is 273. The summed E-state index contributed by atoms with van der Waals surface area (Å²) < 4.78 is 25.5. The third-order valence-corrected chi connectivity index (χ3v) is 4.97. The molecule has 0 spiro atoms. The van der Waals surface area contributed by atoms with Gasteiger partial charge in [-0.05, 0) is 24.7 Å². The summed E-state index contributed by atoms with van der Waals surface area (Å²) in [7, 11) is -3.06. The van der Waals surface area contributed by atoms with Gasteiger partial charge in [0.1, 0.15) is 0 Å². The average Bonchev–Trinajstić information content (AvgIpc) is 2.79. The van der Waals surface area contributed by atoms with Crippen LogP contribution >= 0.6 is 15.9 Å². The van der Waals surface area contributed by atoms with Gasteiger partial charge in [-0.2, -0.15) is 0 Å². The third kappa shape index (κ3) is 4.75. The molecule has 3 nitrogen and oxygen atoms in total. The smallest absolute Gasteiger partial charge is 0.211 e. The number of rotatable bonds is 6. The number of hydrogen-bond acceptors (Lipinski definition) is 2. The Labute approximate surface area is 94.8 Å².